The summed E-state index contributed by atoms with van der Waals surface area (Å²) in [4.78, 5) is 7.27. The molecule has 0 radical (unpaired) electrons. The van der Waals surface area contributed by atoms with Crippen molar-refractivity contribution in [2.24, 2.45) is 0 Å². The molecule has 0 saturated heterocycles. The van der Waals surface area contributed by atoms with Crippen molar-refractivity contribution in [1.82, 2.24) is 19.7 Å². The summed E-state index contributed by atoms with van der Waals surface area (Å²) in [6.45, 7) is 1.73. The number of nitrogens with zero attached hydrogens (tertiary/aromatic N) is 4. The third kappa shape index (κ3) is 4.51. The minimum absolute atomic E-state index is 0.128. The SMILES string of the molecule is Cc1ccn(-c2cc(Br)ccc2C(Oc2cc(Cl)nc(N)n2)C(F)(F)F)n1. The van der Waals surface area contributed by atoms with E-state index in [2.05, 4.69) is 31.0 Å². The van der Waals surface area contributed by atoms with E-state index >= 15 is 0 Å². The van der Waals surface area contributed by atoms with Crippen molar-refractivity contribution in [3.05, 3.63) is 57.4 Å². The van der Waals surface area contributed by atoms with Crippen LogP contribution in [0, 0.1) is 6.92 Å². The van der Waals surface area contributed by atoms with E-state index in [0.29, 0.717) is 10.2 Å². The Labute approximate surface area is 165 Å². The predicted molar refractivity (Wildman–Crippen MR) is 96.9 cm³/mol. The summed E-state index contributed by atoms with van der Waals surface area (Å²) in [5, 5.41) is 4.06. The van der Waals surface area contributed by atoms with Crippen molar-refractivity contribution < 1.29 is 17.9 Å². The Morgan fingerprint density at radius 3 is 2.56 bits per heavy atom. The third-order valence-electron chi connectivity index (χ3n) is 3.47. The smallest absolute Gasteiger partial charge is 0.429 e. The molecule has 2 N–H and O–H groups in total. The van der Waals surface area contributed by atoms with Crippen molar-refractivity contribution >= 4 is 33.5 Å². The van der Waals surface area contributed by atoms with Crippen molar-refractivity contribution in [1.29, 1.82) is 0 Å². The van der Waals surface area contributed by atoms with E-state index in [1.807, 2.05) is 0 Å². The van der Waals surface area contributed by atoms with Crippen molar-refractivity contribution in [3.8, 4) is 11.6 Å². The average Bonchev–Trinajstić information content (AvgIpc) is 2.97. The maximum Gasteiger partial charge on any atom is 0.429 e. The van der Waals surface area contributed by atoms with E-state index in [0.717, 1.165) is 6.07 Å². The maximum atomic E-state index is 13.8. The number of benzene rings is 1. The van der Waals surface area contributed by atoms with E-state index in [1.54, 1.807) is 19.2 Å². The van der Waals surface area contributed by atoms with Gasteiger partial charge in [-0.3, -0.25) is 0 Å². The highest BCUT2D eigenvalue weighted by atomic mass is 79.9. The lowest BCUT2D eigenvalue weighted by atomic mass is 10.1. The molecule has 0 aliphatic carbocycles. The number of halogens is 5. The molecule has 0 bridgehead atoms. The van der Waals surface area contributed by atoms with Gasteiger partial charge in [0.1, 0.15) is 5.15 Å². The van der Waals surface area contributed by atoms with Gasteiger partial charge in [0.2, 0.25) is 17.9 Å². The molecule has 1 aromatic carbocycles. The van der Waals surface area contributed by atoms with Crippen LogP contribution >= 0.6 is 27.5 Å². The summed E-state index contributed by atoms with van der Waals surface area (Å²) in [5.74, 6) is -0.683. The van der Waals surface area contributed by atoms with Crippen molar-refractivity contribution in [3.63, 3.8) is 0 Å². The largest absolute Gasteiger partial charge is 0.459 e. The maximum absolute atomic E-state index is 13.8. The molecule has 1 unspecified atom stereocenters. The van der Waals surface area contributed by atoms with Gasteiger partial charge in [-0.05, 0) is 25.1 Å². The van der Waals surface area contributed by atoms with Crippen LogP contribution in [0.1, 0.15) is 17.4 Å². The number of hydrogen-bond donors (Lipinski definition) is 1. The number of aromatic nitrogens is 4. The molecule has 1 atom stereocenters. The lowest BCUT2D eigenvalue weighted by Gasteiger charge is -2.24. The van der Waals surface area contributed by atoms with Gasteiger partial charge in [-0.25, -0.2) is 9.67 Å². The molecule has 3 rings (SSSR count). The van der Waals surface area contributed by atoms with Gasteiger partial charge in [0, 0.05) is 22.3 Å². The number of alkyl halides is 3. The van der Waals surface area contributed by atoms with Gasteiger partial charge in [-0.2, -0.15) is 23.3 Å². The van der Waals surface area contributed by atoms with Crippen LogP contribution in [0.3, 0.4) is 0 Å². The van der Waals surface area contributed by atoms with Crippen molar-refractivity contribution in [2.45, 2.75) is 19.2 Å². The van der Waals surface area contributed by atoms with Gasteiger partial charge >= 0.3 is 6.18 Å². The van der Waals surface area contributed by atoms with Crippen LogP contribution in [0.2, 0.25) is 5.15 Å². The average molecular weight is 463 g/mol. The number of ether oxygens (including phenoxy) is 1. The summed E-state index contributed by atoms with van der Waals surface area (Å²) in [6, 6.07) is 7.05. The minimum atomic E-state index is -4.74. The Balaban J connectivity index is 2.11. The minimum Gasteiger partial charge on any atom is -0.459 e. The van der Waals surface area contributed by atoms with E-state index in [-0.39, 0.29) is 28.2 Å². The Morgan fingerprint density at radius 1 is 1.22 bits per heavy atom. The molecule has 0 spiro atoms. The first kappa shape index (κ1) is 19.4. The number of anilines is 1. The second-order valence-electron chi connectivity index (χ2n) is 5.53. The molecule has 0 saturated carbocycles. The second-order valence-corrected chi connectivity index (χ2v) is 6.83. The van der Waals surface area contributed by atoms with E-state index in [1.165, 1.54) is 22.9 Å². The number of aryl methyl sites for hydroxylation is 1. The van der Waals surface area contributed by atoms with Gasteiger partial charge < -0.3 is 10.5 Å². The second kappa shape index (κ2) is 7.35. The van der Waals surface area contributed by atoms with Gasteiger partial charge in [0.15, 0.2) is 0 Å². The van der Waals surface area contributed by atoms with Crippen molar-refractivity contribution in [2.75, 3.05) is 5.73 Å². The molecule has 0 aliphatic heterocycles. The first-order valence-corrected chi connectivity index (χ1v) is 8.66. The zero-order valence-corrected chi connectivity index (χ0v) is 16.0. The summed E-state index contributed by atoms with van der Waals surface area (Å²) < 4.78 is 48.5. The molecule has 2 heterocycles. The fourth-order valence-corrected chi connectivity index (χ4v) is 2.92. The highest BCUT2D eigenvalue weighted by Gasteiger charge is 2.45. The number of rotatable bonds is 4. The highest BCUT2D eigenvalue weighted by molar-refractivity contribution is 9.10. The normalized spacial score (nSPS) is 12.8. The summed E-state index contributed by atoms with van der Waals surface area (Å²) >= 11 is 9.00. The molecule has 27 heavy (non-hydrogen) atoms. The molecular weight excluding hydrogens is 451 g/mol. The first-order chi connectivity index (χ1) is 12.6. The Morgan fingerprint density at radius 2 is 1.96 bits per heavy atom. The topological polar surface area (TPSA) is 78.9 Å². The Bertz CT molecular complexity index is 959. The molecule has 0 fully saturated rings. The van der Waals surface area contributed by atoms with Gasteiger partial charge in [-0.15, -0.1) is 0 Å². The summed E-state index contributed by atoms with van der Waals surface area (Å²) in [7, 11) is 0. The predicted octanol–water partition coefficient (Wildman–Crippen LogP) is 4.65. The lowest BCUT2D eigenvalue weighted by molar-refractivity contribution is -0.198. The van der Waals surface area contributed by atoms with E-state index in [9.17, 15) is 13.2 Å². The zero-order valence-electron chi connectivity index (χ0n) is 13.7. The quantitative estimate of drug-likeness (QED) is 0.571. The molecule has 11 heteroatoms. The van der Waals surface area contributed by atoms with Crippen LogP contribution in [-0.4, -0.2) is 25.9 Å². The fraction of sp³-hybridized carbons (Fsp3) is 0.188. The highest BCUT2D eigenvalue weighted by Crippen LogP contribution is 2.39. The van der Waals surface area contributed by atoms with Gasteiger partial charge in [-0.1, -0.05) is 33.6 Å². The van der Waals surface area contributed by atoms with Crippen LogP contribution in [0.5, 0.6) is 5.88 Å². The van der Waals surface area contributed by atoms with Crippen LogP contribution in [0.25, 0.3) is 5.69 Å². The Kier molecular flexibility index (Phi) is 5.29. The number of nitrogen functional groups attached to an aromatic ring is 1. The molecule has 6 nitrogen and oxygen atoms in total. The van der Waals surface area contributed by atoms with Crippen LogP contribution in [0.4, 0.5) is 19.1 Å². The van der Waals surface area contributed by atoms with Crippen LogP contribution in [0.15, 0.2) is 41.0 Å². The molecule has 2 aromatic heterocycles. The van der Waals surface area contributed by atoms with Gasteiger partial charge in [0.25, 0.3) is 0 Å². The van der Waals surface area contributed by atoms with E-state index in [4.69, 9.17) is 22.1 Å². The van der Waals surface area contributed by atoms with E-state index < -0.39 is 12.3 Å². The molecule has 3 aromatic rings. The first-order valence-electron chi connectivity index (χ1n) is 7.49. The zero-order chi connectivity index (χ0) is 19.8. The standard InChI is InChI=1S/C16H12BrClF3N5O/c1-8-4-5-26(25-8)11-6-9(17)2-3-10(11)14(16(19,20)21)27-13-7-12(18)23-15(22)24-13/h2-7,14H,1H3,(H2,22,23,24). The fourth-order valence-electron chi connectivity index (χ4n) is 2.39. The molecule has 142 valence electrons. The Hall–Kier alpha value is -2.33. The van der Waals surface area contributed by atoms with Gasteiger partial charge in [0.05, 0.1) is 11.4 Å². The molecule has 0 amide bonds. The van der Waals surface area contributed by atoms with Crippen LogP contribution in [-0.2, 0) is 0 Å². The monoisotopic (exact) mass is 461 g/mol. The number of nitrogens with two attached hydrogens (primary N) is 1. The lowest BCUT2D eigenvalue weighted by Crippen LogP contribution is -2.28. The number of hydrogen-bond acceptors (Lipinski definition) is 5. The third-order valence-corrected chi connectivity index (χ3v) is 4.16. The molecule has 0 aliphatic rings. The summed E-state index contributed by atoms with van der Waals surface area (Å²) in [5.41, 5.74) is 6.14. The summed E-state index contributed by atoms with van der Waals surface area (Å²) in [6.07, 6.45) is -5.50. The van der Waals surface area contributed by atoms with Crippen LogP contribution < -0.4 is 10.5 Å². The molecular formula is C16H12BrClF3N5O.